The topological polar surface area (TPSA) is 33.6 Å². The van der Waals surface area contributed by atoms with E-state index < -0.39 is 0 Å². The summed E-state index contributed by atoms with van der Waals surface area (Å²) in [5, 5.41) is 8.01. The van der Waals surface area contributed by atoms with E-state index >= 15 is 0 Å². The third-order valence-electron chi connectivity index (χ3n) is 4.41. The summed E-state index contributed by atoms with van der Waals surface area (Å²) in [6, 6.07) is 21.4. The average Bonchev–Trinajstić information content (AvgIpc) is 3.09. The number of oxime groups is 1. The highest BCUT2D eigenvalue weighted by molar-refractivity contribution is 5.87. The molecule has 1 heterocycles. The van der Waals surface area contributed by atoms with Gasteiger partial charge in [-0.15, -0.1) is 0 Å². The van der Waals surface area contributed by atoms with E-state index in [1.54, 1.807) is 0 Å². The van der Waals surface area contributed by atoms with Crippen molar-refractivity contribution in [1.82, 2.24) is 5.32 Å². The monoisotopic (exact) mass is 322 g/mol. The molecule has 2 aromatic rings. The Morgan fingerprint density at radius 1 is 1.04 bits per heavy atom. The van der Waals surface area contributed by atoms with Gasteiger partial charge in [0.05, 0.1) is 11.8 Å². The number of nitrogens with zero attached hydrogens (tertiary/aromatic N) is 1. The molecule has 1 N–H and O–H groups in total. The van der Waals surface area contributed by atoms with Crippen LogP contribution in [0.25, 0.3) is 0 Å². The molecule has 0 amide bonds. The highest BCUT2D eigenvalue weighted by Crippen LogP contribution is 2.20. The molecule has 2 atom stereocenters. The van der Waals surface area contributed by atoms with Crippen LogP contribution in [0.4, 0.5) is 0 Å². The van der Waals surface area contributed by atoms with Crippen molar-refractivity contribution >= 4 is 5.71 Å². The number of benzene rings is 2. The van der Waals surface area contributed by atoms with Gasteiger partial charge in [-0.2, -0.15) is 0 Å². The van der Waals surface area contributed by atoms with Crippen LogP contribution in [0.3, 0.4) is 0 Å². The lowest BCUT2D eigenvalue weighted by molar-refractivity contribution is 0.0553. The smallest absolute Gasteiger partial charge is 0.148 e. The molecular weight excluding hydrogens is 296 g/mol. The van der Waals surface area contributed by atoms with E-state index in [0.717, 1.165) is 37.9 Å². The van der Waals surface area contributed by atoms with E-state index in [-0.39, 0.29) is 6.10 Å². The van der Waals surface area contributed by atoms with E-state index in [9.17, 15) is 0 Å². The fourth-order valence-electron chi connectivity index (χ4n) is 3.13. The standard InChI is InChI=1S/C21H26N2O/c1-2-13-22-20(15-18-11-7-4-8-12-18)21-16-19(23-24-21)14-17-9-5-3-6-10-17/h3-12,20-22H,2,13-16H2,1H3. The molecule has 3 nitrogen and oxygen atoms in total. The first-order valence-electron chi connectivity index (χ1n) is 8.88. The van der Waals surface area contributed by atoms with E-state index in [0.29, 0.717) is 6.04 Å². The molecule has 0 fully saturated rings. The van der Waals surface area contributed by atoms with Crippen molar-refractivity contribution in [3.05, 3.63) is 71.8 Å². The molecule has 0 bridgehead atoms. The van der Waals surface area contributed by atoms with Crippen LogP contribution in [0, 0.1) is 0 Å². The number of hydrogen-bond acceptors (Lipinski definition) is 3. The number of rotatable bonds is 8. The van der Waals surface area contributed by atoms with Crippen molar-refractivity contribution < 1.29 is 4.84 Å². The SMILES string of the molecule is CCCNC(Cc1ccccc1)C1CC(Cc2ccccc2)=NO1. The van der Waals surface area contributed by atoms with Crippen LogP contribution in [0.5, 0.6) is 0 Å². The first kappa shape index (κ1) is 16.7. The van der Waals surface area contributed by atoms with E-state index in [1.807, 2.05) is 6.07 Å². The summed E-state index contributed by atoms with van der Waals surface area (Å²) in [6.07, 6.45) is 4.00. The third-order valence-corrected chi connectivity index (χ3v) is 4.41. The van der Waals surface area contributed by atoms with Gasteiger partial charge in [-0.25, -0.2) is 0 Å². The molecule has 2 unspecified atom stereocenters. The maximum atomic E-state index is 5.79. The lowest BCUT2D eigenvalue weighted by Gasteiger charge is -2.23. The molecule has 0 spiro atoms. The molecule has 0 radical (unpaired) electrons. The Balaban J connectivity index is 1.60. The molecule has 0 saturated carbocycles. The average molecular weight is 322 g/mol. The van der Waals surface area contributed by atoms with Crippen LogP contribution in [0.2, 0.25) is 0 Å². The minimum atomic E-state index is 0.121. The molecule has 3 heteroatoms. The fraction of sp³-hybridized carbons (Fsp3) is 0.381. The molecule has 3 rings (SSSR count). The van der Waals surface area contributed by atoms with Gasteiger partial charge >= 0.3 is 0 Å². The first-order chi connectivity index (χ1) is 11.8. The van der Waals surface area contributed by atoms with Crippen molar-refractivity contribution in [3.63, 3.8) is 0 Å². The van der Waals surface area contributed by atoms with Gasteiger partial charge in [-0.1, -0.05) is 72.7 Å². The number of nitrogens with one attached hydrogen (secondary N) is 1. The van der Waals surface area contributed by atoms with E-state index in [2.05, 4.69) is 72.0 Å². The van der Waals surface area contributed by atoms with Crippen molar-refractivity contribution in [1.29, 1.82) is 0 Å². The van der Waals surface area contributed by atoms with Gasteiger partial charge in [0, 0.05) is 12.8 Å². The third kappa shape index (κ3) is 4.68. The predicted octanol–water partition coefficient (Wildman–Crippen LogP) is 3.98. The van der Waals surface area contributed by atoms with Crippen molar-refractivity contribution in [2.24, 2.45) is 5.16 Å². The molecule has 0 saturated heterocycles. The summed E-state index contributed by atoms with van der Waals surface area (Å²) >= 11 is 0. The van der Waals surface area contributed by atoms with E-state index in [4.69, 9.17) is 4.84 Å². The van der Waals surface area contributed by atoms with E-state index in [1.165, 1.54) is 11.1 Å². The first-order valence-corrected chi connectivity index (χ1v) is 8.88. The van der Waals surface area contributed by atoms with Crippen LogP contribution in [0.15, 0.2) is 65.8 Å². The van der Waals surface area contributed by atoms with Gasteiger partial charge in [0.2, 0.25) is 0 Å². The van der Waals surface area contributed by atoms with Gasteiger partial charge < -0.3 is 10.2 Å². The second-order valence-electron chi connectivity index (χ2n) is 6.42. The maximum Gasteiger partial charge on any atom is 0.148 e. The fourth-order valence-corrected chi connectivity index (χ4v) is 3.13. The molecule has 0 aromatic heterocycles. The van der Waals surface area contributed by atoms with Gasteiger partial charge in [0.1, 0.15) is 6.10 Å². The van der Waals surface area contributed by atoms with Crippen LogP contribution >= 0.6 is 0 Å². The Morgan fingerprint density at radius 2 is 1.71 bits per heavy atom. The Hall–Kier alpha value is -2.13. The van der Waals surface area contributed by atoms with Crippen LogP contribution in [0.1, 0.15) is 30.9 Å². The second-order valence-corrected chi connectivity index (χ2v) is 6.42. The van der Waals surface area contributed by atoms with Crippen LogP contribution in [-0.2, 0) is 17.7 Å². The molecule has 2 aromatic carbocycles. The van der Waals surface area contributed by atoms with Crippen LogP contribution in [-0.4, -0.2) is 24.4 Å². The summed E-state index contributed by atoms with van der Waals surface area (Å²) < 4.78 is 0. The zero-order valence-corrected chi connectivity index (χ0v) is 14.3. The zero-order chi connectivity index (χ0) is 16.6. The zero-order valence-electron chi connectivity index (χ0n) is 14.3. The van der Waals surface area contributed by atoms with Crippen molar-refractivity contribution in [2.75, 3.05) is 6.54 Å². The molecule has 1 aliphatic heterocycles. The lowest BCUT2D eigenvalue weighted by Crippen LogP contribution is -2.42. The predicted molar refractivity (Wildman–Crippen MR) is 99.3 cm³/mol. The Labute approximate surface area is 144 Å². The molecule has 126 valence electrons. The molecule has 24 heavy (non-hydrogen) atoms. The summed E-state index contributed by atoms with van der Waals surface area (Å²) in [5.41, 5.74) is 3.77. The van der Waals surface area contributed by atoms with Gasteiger partial charge in [-0.05, 0) is 30.5 Å². The molecular formula is C21H26N2O. The Kier molecular flexibility index (Phi) is 6.02. The summed E-state index contributed by atoms with van der Waals surface area (Å²) in [6.45, 7) is 3.20. The van der Waals surface area contributed by atoms with Crippen LogP contribution < -0.4 is 5.32 Å². The Morgan fingerprint density at radius 3 is 2.38 bits per heavy atom. The summed E-state index contributed by atoms with van der Waals surface area (Å²) in [5.74, 6) is 0. The summed E-state index contributed by atoms with van der Waals surface area (Å²) in [7, 11) is 0. The largest absolute Gasteiger partial charge is 0.390 e. The maximum absolute atomic E-state index is 5.79. The molecule has 1 aliphatic rings. The highest BCUT2D eigenvalue weighted by Gasteiger charge is 2.29. The normalized spacial score (nSPS) is 18.0. The van der Waals surface area contributed by atoms with Crippen molar-refractivity contribution in [3.8, 4) is 0 Å². The highest BCUT2D eigenvalue weighted by atomic mass is 16.6. The quantitative estimate of drug-likeness (QED) is 0.797. The van der Waals surface area contributed by atoms with Gasteiger partial charge in [-0.3, -0.25) is 0 Å². The van der Waals surface area contributed by atoms with Crippen molar-refractivity contribution in [2.45, 2.75) is 44.8 Å². The van der Waals surface area contributed by atoms with Gasteiger partial charge in [0.25, 0.3) is 0 Å². The Bertz CT molecular complexity index is 639. The number of hydrogen-bond donors (Lipinski definition) is 1. The second kappa shape index (κ2) is 8.65. The molecule has 0 aliphatic carbocycles. The lowest BCUT2D eigenvalue weighted by atomic mass is 9.96. The minimum Gasteiger partial charge on any atom is -0.390 e. The minimum absolute atomic E-state index is 0.121. The summed E-state index contributed by atoms with van der Waals surface area (Å²) in [4.78, 5) is 5.79. The van der Waals surface area contributed by atoms with Gasteiger partial charge in [0.15, 0.2) is 0 Å².